The summed E-state index contributed by atoms with van der Waals surface area (Å²) in [6.45, 7) is 3.71. The summed E-state index contributed by atoms with van der Waals surface area (Å²) < 4.78 is 42.7. The molecule has 84 valence electrons. The van der Waals surface area contributed by atoms with Gasteiger partial charge in [0, 0.05) is 0 Å². The number of hydrogen-bond acceptors (Lipinski definition) is 5. The Morgan fingerprint density at radius 2 is 1.73 bits per heavy atom. The van der Waals surface area contributed by atoms with Crippen LogP contribution in [0.5, 0.6) is 0 Å². The van der Waals surface area contributed by atoms with Crippen molar-refractivity contribution in [2.75, 3.05) is 13.2 Å². The monoisotopic (exact) mass is 264 g/mol. The van der Waals surface area contributed by atoms with E-state index in [2.05, 4.69) is 0 Å². The predicted molar refractivity (Wildman–Crippen MR) is 51.7 cm³/mol. The molecule has 1 rings (SSSR count). The molecular formula is C7H14NaO5PS. The average Bonchev–Trinajstić information content (AvgIpc) is 2.84. The van der Waals surface area contributed by atoms with Crippen molar-refractivity contribution in [3.05, 3.63) is 0 Å². The first-order valence-corrected chi connectivity index (χ1v) is 7.13. The van der Waals surface area contributed by atoms with Crippen molar-refractivity contribution < 1.29 is 51.9 Å². The van der Waals surface area contributed by atoms with E-state index in [1.54, 1.807) is 13.8 Å². The zero-order valence-corrected chi connectivity index (χ0v) is 12.9. The van der Waals surface area contributed by atoms with Gasteiger partial charge in [-0.2, -0.15) is 0 Å². The van der Waals surface area contributed by atoms with Gasteiger partial charge in [-0.3, -0.25) is 8.77 Å². The Balaban J connectivity index is 0.00000196. The molecule has 1 fully saturated rings. The van der Waals surface area contributed by atoms with Gasteiger partial charge in [-0.05, 0) is 37.8 Å². The van der Waals surface area contributed by atoms with Crippen LogP contribution in [0.15, 0.2) is 0 Å². The largest absolute Gasteiger partial charge is 1.00 e. The van der Waals surface area contributed by atoms with Gasteiger partial charge in [0.1, 0.15) is 4.49 Å². The smallest absolute Gasteiger partial charge is 0.771 e. The van der Waals surface area contributed by atoms with Crippen LogP contribution in [0.4, 0.5) is 0 Å². The fourth-order valence-corrected chi connectivity index (χ4v) is 4.62. The van der Waals surface area contributed by atoms with Crippen LogP contribution < -0.4 is 29.6 Å². The molecule has 8 heteroatoms. The summed E-state index contributed by atoms with van der Waals surface area (Å²) >= 11 is -2.40. The molecule has 0 aromatic carbocycles. The molecular weight excluding hydrogens is 250 g/mol. The van der Waals surface area contributed by atoms with Gasteiger partial charge in [0.25, 0.3) is 0 Å². The Morgan fingerprint density at radius 1 is 1.33 bits per heavy atom. The van der Waals surface area contributed by atoms with E-state index >= 15 is 0 Å². The van der Waals surface area contributed by atoms with Crippen molar-refractivity contribution in [1.82, 2.24) is 0 Å². The minimum atomic E-state index is -3.48. The van der Waals surface area contributed by atoms with Crippen LogP contribution in [0.1, 0.15) is 26.7 Å². The van der Waals surface area contributed by atoms with Gasteiger partial charge in [-0.1, -0.05) is 0 Å². The van der Waals surface area contributed by atoms with E-state index in [0.717, 1.165) is 0 Å². The van der Waals surface area contributed by atoms with Crippen LogP contribution in [0.3, 0.4) is 0 Å². The van der Waals surface area contributed by atoms with E-state index in [4.69, 9.17) is 9.05 Å². The van der Waals surface area contributed by atoms with E-state index < -0.39 is 23.2 Å². The summed E-state index contributed by atoms with van der Waals surface area (Å²) in [6.07, 6.45) is 0.723. The Labute approximate surface area is 114 Å². The second-order valence-corrected chi connectivity index (χ2v) is 6.93. The van der Waals surface area contributed by atoms with E-state index in [0.29, 0.717) is 12.8 Å². The van der Waals surface area contributed by atoms with Crippen molar-refractivity contribution in [2.24, 2.45) is 0 Å². The third-order valence-corrected chi connectivity index (χ3v) is 6.87. The third-order valence-electron chi connectivity index (χ3n) is 2.09. The molecule has 1 saturated carbocycles. The fraction of sp³-hybridized carbons (Fsp3) is 1.00. The Hall–Kier alpha value is 1.26. The maximum Gasteiger partial charge on any atom is 1.00 e. The quantitative estimate of drug-likeness (QED) is 0.336. The summed E-state index contributed by atoms with van der Waals surface area (Å²) in [5.41, 5.74) is 0. The molecule has 0 saturated heterocycles. The molecule has 0 aromatic heterocycles. The SMILES string of the molecule is CCOP(=O)(OCC)C1(S(=O)[O-])CC1.[Na+]. The summed E-state index contributed by atoms with van der Waals surface area (Å²) in [5.74, 6) is 0. The number of hydrogen-bond donors (Lipinski definition) is 0. The minimum Gasteiger partial charge on any atom is -0.771 e. The molecule has 0 N–H and O–H groups in total. The van der Waals surface area contributed by atoms with E-state index in [1.807, 2.05) is 0 Å². The Bertz CT molecular complexity index is 271. The predicted octanol–water partition coefficient (Wildman–Crippen LogP) is -1.37. The molecule has 1 aliphatic rings. The molecule has 15 heavy (non-hydrogen) atoms. The molecule has 0 aliphatic heterocycles. The van der Waals surface area contributed by atoms with Crippen molar-refractivity contribution >= 4 is 18.7 Å². The first-order valence-electron chi connectivity index (χ1n) is 4.51. The second-order valence-electron chi connectivity index (χ2n) is 3.01. The van der Waals surface area contributed by atoms with Gasteiger partial charge in [0.05, 0.1) is 13.2 Å². The van der Waals surface area contributed by atoms with Crippen LogP contribution in [-0.2, 0) is 24.7 Å². The molecule has 0 aromatic rings. The molecule has 1 unspecified atom stereocenters. The van der Waals surface area contributed by atoms with Gasteiger partial charge < -0.3 is 13.6 Å². The molecule has 1 atom stereocenters. The molecule has 0 radical (unpaired) electrons. The molecule has 5 nitrogen and oxygen atoms in total. The zero-order chi connectivity index (χ0) is 10.8. The second kappa shape index (κ2) is 6.26. The van der Waals surface area contributed by atoms with Crippen LogP contribution in [-0.4, -0.2) is 26.5 Å². The first kappa shape index (κ1) is 16.3. The maximum atomic E-state index is 12.1. The summed E-state index contributed by atoms with van der Waals surface area (Å²) in [5, 5.41) is 0. The molecule has 0 spiro atoms. The average molecular weight is 264 g/mol. The van der Waals surface area contributed by atoms with E-state index in [9.17, 15) is 13.3 Å². The molecule has 0 bridgehead atoms. The fourth-order valence-electron chi connectivity index (χ4n) is 1.25. The molecule has 0 amide bonds. The van der Waals surface area contributed by atoms with Crippen LogP contribution in [0.2, 0.25) is 0 Å². The van der Waals surface area contributed by atoms with E-state index in [-0.39, 0.29) is 42.8 Å². The van der Waals surface area contributed by atoms with Crippen LogP contribution >= 0.6 is 7.60 Å². The van der Waals surface area contributed by atoms with Crippen molar-refractivity contribution in [2.45, 2.75) is 31.2 Å². The van der Waals surface area contributed by atoms with Gasteiger partial charge in [-0.25, -0.2) is 0 Å². The normalized spacial score (nSPS) is 20.5. The molecule has 1 aliphatic carbocycles. The standard InChI is InChI=1S/C7H15O5PS.Na/c1-3-11-13(8,12-4-2)7(5-6-7)14(9)10;/h3-6H2,1-2H3,(H,9,10);/q;+1/p-1. The minimum absolute atomic E-state index is 0. The summed E-state index contributed by atoms with van der Waals surface area (Å²) in [6, 6.07) is 0. The van der Waals surface area contributed by atoms with E-state index in [1.165, 1.54) is 0 Å². The van der Waals surface area contributed by atoms with Crippen molar-refractivity contribution in [3.63, 3.8) is 0 Å². The van der Waals surface area contributed by atoms with Gasteiger partial charge >= 0.3 is 37.2 Å². The van der Waals surface area contributed by atoms with Gasteiger partial charge in [0.2, 0.25) is 0 Å². The van der Waals surface area contributed by atoms with Gasteiger partial charge in [0.15, 0.2) is 0 Å². The number of rotatable bonds is 6. The van der Waals surface area contributed by atoms with Gasteiger partial charge in [-0.15, -0.1) is 0 Å². The summed E-state index contributed by atoms with van der Waals surface area (Å²) in [7, 11) is -3.48. The third kappa shape index (κ3) is 3.13. The van der Waals surface area contributed by atoms with Crippen LogP contribution in [0.25, 0.3) is 0 Å². The van der Waals surface area contributed by atoms with Crippen LogP contribution in [0, 0.1) is 0 Å². The Morgan fingerprint density at radius 3 is 1.93 bits per heavy atom. The maximum absolute atomic E-state index is 12.1. The molecule has 0 heterocycles. The summed E-state index contributed by atoms with van der Waals surface area (Å²) in [4.78, 5) is 0. The zero-order valence-electron chi connectivity index (χ0n) is 9.23. The Kier molecular flexibility index (Phi) is 6.79. The topological polar surface area (TPSA) is 75.7 Å². The first-order chi connectivity index (χ1) is 6.52. The van der Waals surface area contributed by atoms with Crippen molar-refractivity contribution in [3.8, 4) is 0 Å². The van der Waals surface area contributed by atoms with Crippen molar-refractivity contribution in [1.29, 1.82) is 0 Å².